The first-order chi connectivity index (χ1) is 16.3. The average Bonchev–Trinajstić information content (AvgIpc) is 3.19. The normalized spacial score (nSPS) is 21.1. The minimum absolute atomic E-state index is 0.0327. The van der Waals surface area contributed by atoms with Gasteiger partial charge in [-0.15, -0.1) is 0 Å². The lowest BCUT2D eigenvalue weighted by Crippen LogP contribution is -2.42. The van der Waals surface area contributed by atoms with Crippen LogP contribution in [0.3, 0.4) is 0 Å². The molecule has 0 saturated carbocycles. The number of benzene rings is 2. The summed E-state index contributed by atoms with van der Waals surface area (Å²) in [6, 6.07) is 20.6. The van der Waals surface area contributed by atoms with Gasteiger partial charge in [0.05, 0.1) is 36.1 Å². The summed E-state index contributed by atoms with van der Waals surface area (Å²) in [5.41, 5.74) is 6.80. The zero-order valence-electron chi connectivity index (χ0n) is 20.2. The first-order valence-corrected chi connectivity index (χ1v) is 11.9. The minimum Gasteiger partial charge on any atom is -0.495 e. The molecule has 3 heterocycles. The van der Waals surface area contributed by atoms with Crippen molar-refractivity contribution >= 4 is 34.3 Å². The van der Waals surface area contributed by atoms with E-state index in [1.54, 1.807) is 7.11 Å². The smallest absolute Gasteiger partial charge is 0.174 e. The molecule has 174 valence electrons. The predicted molar refractivity (Wildman–Crippen MR) is 144 cm³/mol. The second-order valence-corrected chi connectivity index (χ2v) is 9.87. The number of likely N-dealkylation sites (N-methyl/N-ethyl adjacent to an activating group) is 1. The highest BCUT2D eigenvalue weighted by Gasteiger charge is 2.42. The molecular formula is C28H30N4OS. The van der Waals surface area contributed by atoms with Crippen LogP contribution in [0.15, 0.2) is 72.9 Å². The van der Waals surface area contributed by atoms with Crippen LogP contribution in [0.5, 0.6) is 5.75 Å². The number of hydrogen-bond donors (Lipinski definition) is 1. The Balaban J connectivity index is 1.68. The molecule has 2 aromatic carbocycles. The van der Waals surface area contributed by atoms with Crippen molar-refractivity contribution in [1.82, 2.24) is 10.3 Å². The zero-order chi connectivity index (χ0) is 24.0. The number of pyridine rings is 1. The number of nitrogens with zero attached hydrogens (tertiary/aromatic N) is 3. The quantitative estimate of drug-likeness (QED) is 0.479. The molecule has 0 amide bonds. The van der Waals surface area contributed by atoms with Crippen molar-refractivity contribution in [1.29, 1.82) is 0 Å². The Morgan fingerprint density at radius 1 is 1.03 bits per heavy atom. The van der Waals surface area contributed by atoms with Crippen molar-refractivity contribution in [2.24, 2.45) is 0 Å². The highest BCUT2D eigenvalue weighted by atomic mass is 32.1. The van der Waals surface area contributed by atoms with Gasteiger partial charge in [-0.05, 0) is 80.5 Å². The van der Waals surface area contributed by atoms with Crippen LogP contribution in [0.2, 0.25) is 0 Å². The summed E-state index contributed by atoms with van der Waals surface area (Å²) in [4.78, 5) is 9.19. The Labute approximate surface area is 207 Å². The number of aromatic nitrogens is 1. The van der Waals surface area contributed by atoms with Crippen molar-refractivity contribution in [3.8, 4) is 5.75 Å². The first-order valence-electron chi connectivity index (χ1n) is 11.5. The molecule has 0 spiro atoms. The fraction of sp³-hybridized carbons (Fsp3) is 0.286. The summed E-state index contributed by atoms with van der Waals surface area (Å²) in [6.07, 6.45) is 4.17. The van der Waals surface area contributed by atoms with Crippen molar-refractivity contribution in [3.63, 3.8) is 0 Å². The molecule has 1 aromatic heterocycles. The van der Waals surface area contributed by atoms with Crippen LogP contribution in [0.25, 0.3) is 5.57 Å². The summed E-state index contributed by atoms with van der Waals surface area (Å²) < 4.78 is 5.72. The molecule has 2 aliphatic heterocycles. The maximum absolute atomic E-state index is 5.89. The van der Waals surface area contributed by atoms with E-state index in [0.29, 0.717) is 5.11 Å². The maximum Gasteiger partial charge on any atom is 0.174 e. The topological polar surface area (TPSA) is 40.6 Å². The Morgan fingerprint density at radius 3 is 2.53 bits per heavy atom. The van der Waals surface area contributed by atoms with Gasteiger partial charge >= 0.3 is 0 Å². The molecule has 0 bridgehead atoms. The van der Waals surface area contributed by atoms with Gasteiger partial charge in [0.15, 0.2) is 5.11 Å². The van der Waals surface area contributed by atoms with Crippen LogP contribution in [-0.2, 0) is 0 Å². The molecule has 0 aliphatic carbocycles. The molecule has 3 aromatic rings. The van der Waals surface area contributed by atoms with Gasteiger partial charge < -0.3 is 19.9 Å². The van der Waals surface area contributed by atoms with Gasteiger partial charge in [-0.1, -0.05) is 30.3 Å². The second kappa shape index (κ2) is 8.44. The van der Waals surface area contributed by atoms with Crippen molar-refractivity contribution < 1.29 is 4.74 Å². The average molecular weight is 471 g/mol. The van der Waals surface area contributed by atoms with Gasteiger partial charge in [-0.25, -0.2) is 0 Å². The number of rotatable bonds is 4. The first kappa shape index (κ1) is 22.4. The Hall–Kier alpha value is -3.38. The molecule has 2 atom stereocenters. The highest BCUT2D eigenvalue weighted by Crippen LogP contribution is 2.46. The molecule has 1 saturated heterocycles. The number of hydrogen-bond acceptors (Lipinski definition) is 4. The lowest BCUT2D eigenvalue weighted by Gasteiger charge is -2.41. The Morgan fingerprint density at radius 2 is 1.79 bits per heavy atom. The number of allylic oxidation sites excluding steroid dienone is 1. The summed E-state index contributed by atoms with van der Waals surface area (Å²) >= 11 is 5.89. The molecule has 0 radical (unpaired) electrons. The Bertz CT molecular complexity index is 1270. The SMILES string of the molecule is COc1ccccc1N1C(=S)NC(c2ccccn2)C1c1ccc2c(c1)C(C)=CC(C)(C)N2C. The molecular weight excluding hydrogens is 440 g/mol. The number of nitrogens with one attached hydrogen (secondary N) is 1. The monoisotopic (exact) mass is 470 g/mol. The van der Waals surface area contributed by atoms with Crippen LogP contribution in [-0.4, -0.2) is 29.8 Å². The zero-order valence-corrected chi connectivity index (χ0v) is 21.1. The van der Waals surface area contributed by atoms with Crippen molar-refractivity contribution in [2.45, 2.75) is 38.4 Å². The van der Waals surface area contributed by atoms with Crippen LogP contribution < -0.4 is 19.9 Å². The maximum atomic E-state index is 5.89. The van der Waals surface area contributed by atoms with E-state index in [2.05, 4.69) is 84.3 Å². The van der Waals surface area contributed by atoms with E-state index in [9.17, 15) is 0 Å². The molecule has 2 unspecified atom stereocenters. The summed E-state index contributed by atoms with van der Waals surface area (Å²) in [5, 5.41) is 4.21. The van der Waals surface area contributed by atoms with E-state index in [1.807, 2.05) is 36.5 Å². The molecule has 34 heavy (non-hydrogen) atoms. The minimum atomic E-state index is -0.0984. The number of ether oxygens (including phenoxy) is 1. The number of anilines is 2. The molecule has 1 fully saturated rings. The molecule has 1 N–H and O–H groups in total. The Kier molecular flexibility index (Phi) is 5.56. The third-order valence-corrected chi connectivity index (χ3v) is 7.34. The largest absolute Gasteiger partial charge is 0.495 e. The lowest BCUT2D eigenvalue weighted by molar-refractivity contribution is 0.414. The summed E-state index contributed by atoms with van der Waals surface area (Å²) in [6.45, 7) is 6.68. The van der Waals surface area contributed by atoms with E-state index in [0.717, 1.165) is 17.1 Å². The van der Waals surface area contributed by atoms with Crippen molar-refractivity contribution in [2.75, 3.05) is 24.0 Å². The third kappa shape index (κ3) is 3.62. The third-order valence-electron chi connectivity index (χ3n) is 7.03. The fourth-order valence-corrected chi connectivity index (χ4v) is 5.48. The predicted octanol–water partition coefficient (Wildman–Crippen LogP) is 5.90. The van der Waals surface area contributed by atoms with Crippen LogP contribution >= 0.6 is 12.2 Å². The van der Waals surface area contributed by atoms with Gasteiger partial charge in [0.2, 0.25) is 0 Å². The molecule has 6 heteroatoms. The fourth-order valence-electron chi connectivity index (χ4n) is 5.14. The van der Waals surface area contributed by atoms with Crippen LogP contribution in [0, 0.1) is 0 Å². The van der Waals surface area contributed by atoms with Gasteiger partial charge in [0, 0.05) is 24.5 Å². The summed E-state index contributed by atoms with van der Waals surface area (Å²) in [7, 11) is 3.85. The van der Waals surface area contributed by atoms with E-state index in [-0.39, 0.29) is 17.6 Å². The number of para-hydroxylation sites is 2. The van der Waals surface area contributed by atoms with E-state index >= 15 is 0 Å². The van der Waals surface area contributed by atoms with Crippen LogP contribution in [0.4, 0.5) is 11.4 Å². The van der Waals surface area contributed by atoms with Gasteiger partial charge in [-0.2, -0.15) is 0 Å². The molecule has 5 nitrogen and oxygen atoms in total. The number of methoxy groups -OCH3 is 1. The van der Waals surface area contributed by atoms with E-state index < -0.39 is 0 Å². The standard InChI is InChI=1S/C28H30N4OS/c1-18-17-28(2,3)31(4)22-14-13-19(16-20(18)22)26-25(21-10-8-9-15-29-21)30-27(34)32(26)23-11-6-7-12-24(23)33-5/h6-17,25-26H,1-5H3,(H,30,34). The van der Waals surface area contributed by atoms with E-state index in [1.165, 1.54) is 22.4 Å². The number of thiocarbonyl (C=S) groups is 1. The molecule has 5 rings (SSSR count). The van der Waals surface area contributed by atoms with E-state index in [4.69, 9.17) is 17.0 Å². The highest BCUT2D eigenvalue weighted by molar-refractivity contribution is 7.80. The van der Waals surface area contributed by atoms with Crippen LogP contribution in [0.1, 0.15) is 49.7 Å². The van der Waals surface area contributed by atoms with Gasteiger partial charge in [0.25, 0.3) is 0 Å². The van der Waals surface area contributed by atoms with Gasteiger partial charge in [0.1, 0.15) is 5.75 Å². The van der Waals surface area contributed by atoms with Gasteiger partial charge in [-0.3, -0.25) is 4.98 Å². The second-order valence-electron chi connectivity index (χ2n) is 9.49. The number of fused-ring (bicyclic) bond motifs is 1. The molecule has 2 aliphatic rings. The summed E-state index contributed by atoms with van der Waals surface area (Å²) in [5.74, 6) is 0.786. The lowest BCUT2D eigenvalue weighted by atomic mass is 9.86. The van der Waals surface area contributed by atoms with Crippen molar-refractivity contribution in [3.05, 3.63) is 89.8 Å².